The van der Waals surface area contributed by atoms with Crippen molar-refractivity contribution in [1.29, 1.82) is 0 Å². The minimum atomic E-state index is -4.87. The average molecular weight is 716 g/mol. The molecule has 0 N–H and O–H groups in total. The van der Waals surface area contributed by atoms with Crippen LogP contribution >= 0.6 is 48.4 Å². The second kappa shape index (κ2) is 11.6. The predicted octanol–water partition coefficient (Wildman–Crippen LogP) is 9.65. The number of benzene rings is 4. The fraction of sp³-hybridized carbons (Fsp3) is 0.143. The number of hydrogen-bond donors (Lipinski definition) is 0. The second-order valence-electron chi connectivity index (χ2n) is 8.25. The van der Waals surface area contributed by atoms with Gasteiger partial charge in [-0.3, -0.25) is 0 Å². The fourth-order valence-electron chi connectivity index (χ4n) is 3.18. The molecule has 0 aromatic heterocycles. The summed E-state index contributed by atoms with van der Waals surface area (Å²) in [6, 6.07) is 31.3. The zero-order valence-electron chi connectivity index (χ0n) is 20.0. The summed E-state index contributed by atoms with van der Waals surface area (Å²) in [5, 5.41) is 0. The van der Waals surface area contributed by atoms with Crippen LogP contribution in [0.2, 0.25) is 0 Å². The van der Waals surface area contributed by atoms with Crippen LogP contribution in [0.25, 0.3) is 0 Å². The van der Waals surface area contributed by atoms with E-state index < -0.39 is 48.4 Å². The van der Waals surface area contributed by atoms with Crippen molar-refractivity contribution in [3.8, 4) is 0 Å². The predicted molar refractivity (Wildman–Crippen MR) is 158 cm³/mol. The molecule has 0 saturated carbocycles. The van der Waals surface area contributed by atoms with Crippen molar-refractivity contribution in [2.75, 3.05) is 0 Å². The van der Waals surface area contributed by atoms with E-state index >= 15 is 4.20 Å². The number of aryl methyl sites for hydroxylation is 4. The van der Waals surface area contributed by atoms with Gasteiger partial charge in [0.25, 0.3) is 0 Å². The standard InChI is InChI=1S/C28H28FI2O3P/c1-21-5-13-25(14-6-21)30(26-15-7-22(2)8-16-26)33-35(29,32)34-31(27-17-9-23(3)10-18-27)28-19-11-24(4)12-20-28/h5-20H,1-4H3. The Bertz CT molecular complexity index is 1120. The number of rotatable bonds is 8. The van der Waals surface area contributed by atoms with Gasteiger partial charge in [-0.05, 0) is 0 Å². The first-order valence-electron chi connectivity index (χ1n) is 11.1. The molecule has 0 aliphatic heterocycles. The molecule has 4 aromatic carbocycles. The van der Waals surface area contributed by atoms with Gasteiger partial charge in [-0.2, -0.15) is 0 Å². The molecule has 0 unspecified atom stereocenters. The molecular weight excluding hydrogens is 688 g/mol. The van der Waals surface area contributed by atoms with Gasteiger partial charge >= 0.3 is 224 Å². The molecule has 0 fully saturated rings. The van der Waals surface area contributed by atoms with Crippen molar-refractivity contribution in [1.82, 2.24) is 0 Å². The fourth-order valence-corrected chi connectivity index (χ4v) is 16.3. The van der Waals surface area contributed by atoms with Crippen LogP contribution in [0.15, 0.2) is 97.1 Å². The molecule has 0 atom stereocenters. The summed E-state index contributed by atoms with van der Waals surface area (Å²) in [6.45, 7) is 7.99. The molecule has 0 radical (unpaired) electrons. The van der Waals surface area contributed by atoms with Gasteiger partial charge in [-0.1, -0.05) is 0 Å². The van der Waals surface area contributed by atoms with Crippen LogP contribution in [0.3, 0.4) is 0 Å². The van der Waals surface area contributed by atoms with E-state index in [4.69, 9.17) is 5.71 Å². The van der Waals surface area contributed by atoms with E-state index in [1.807, 2.05) is 125 Å². The van der Waals surface area contributed by atoms with Gasteiger partial charge in [-0.25, -0.2) is 0 Å². The van der Waals surface area contributed by atoms with Gasteiger partial charge in [0.15, 0.2) is 0 Å². The van der Waals surface area contributed by atoms with Crippen molar-refractivity contribution in [3.05, 3.63) is 134 Å². The third kappa shape index (κ3) is 7.23. The Morgan fingerprint density at radius 2 is 0.686 bits per heavy atom. The monoisotopic (exact) mass is 716 g/mol. The Balaban J connectivity index is 1.69. The first-order chi connectivity index (χ1) is 16.7. The normalized spacial score (nSPS) is 12.4. The van der Waals surface area contributed by atoms with Crippen LogP contribution in [0.5, 0.6) is 0 Å². The summed E-state index contributed by atoms with van der Waals surface area (Å²) in [7, 11) is -4.87. The maximum absolute atomic E-state index is 15.8. The van der Waals surface area contributed by atoms with Gasteiger partial charge in [0, 0.05) is 0 Å². The first-order valence-corrected chi connectivity index (χ1v) is 18.6. The topological polar surface area (TPSA) is 35.5 Å². The zero-order valence-corrected chi connectivity index (χ0v) is 25.3. The summed E-state index contributed by atoms with van der Waals surface area (Å²) in [6.07, 6.45) is 0. The molecule has 35 heavy (non-hydrogen) atoms. The molecule has 0 heterocycles. The molecule has 0 aliphatic carbocycles. The van der Waals surface area contributed by atoms with E-state index in [0.29, 0.717) is 0 Å². The van der Waals surface area contributed by atoms with Crippen LogP contribution in [-0.4, -0.2) is 0 Å². The quantitative estimate of drug-likeness (QED) is 0.135. The van der Waals surface area contributed by atoms with Gasteiger partial charge in [0.2, 0.25) is 0 Å². The van der Waals surface area contributed by atoms with Crippen LogP contribution in [-0.2, 0) is 10.3 Å². The van der Waals surface area contributed by atoms with E-state index in [2.05, 4.69) is 0 Å². The van der Waals surface area contributed by atoms with Crippen molar-refractivity contribution < 1.29 is 14.5 Å². The SMILES string of the molecule is Cc1ccc(I(OP(=O)(F)OI(c2ccc(C)cc2)c2ccc(C)cc2)c2ccc(C)cc2)cc1. The molecule has 0 bridgehead atoms. The van der Waals surface area contributed by atoms with E-state index in [1.165, 1.54) is 0 Å². The third-order valence-electron chi connectivity index (χ3n) is 5.14. The van der Waals surface area contributed by atoms with Gasteiger partial charge in [0.05, 0.1) is 0 Å². The summed E-state index contributed by atoms with van der Waals surface area (Å²) in [4.78, 5) is 0. The maximum atomic E-state index is 15.8. The Hall–Kier alpha value is -1.58. The molecule has 0 aliphatic rings. The minimum absolute atomic E-state index is 0.871. The van der Waals surface area contributed by atoms with Crippen LogP contribution in [0.4, 0.5) is 4.20 Å². The van der Waals surface area contributed by atoms with E-state index in [1.54, 1.807) is 0 Å². The molecule has 7 heteroatoms. The molecular formula is C28H28FI2O3P. The third-order valence-corrected chi connectivity index (χ3v) is 18.3. The zero-order chi connectivity index (χ0) is 25.0. The molecule has 0 amide bonds. The van der Waals surface area contributed by atoms with E-state index in [9.17, 15) is 4.57 Å². The van der Waals surface area contributed by atoms with Gasteiger partial charge < -0.3 is 0 Å². The van der Waals surface area contributed by atoms with Crippen molar-refractivity contribution in [3.63, 3.8) is 0 Å². The Morgan fingerprint density at radius 3 is 0.886 bits per heavy atom. The first kappa shape index (κ1) is 26.5. The Morgan fingerprint density at radius 1 is 0.486 bits per heavy atom. The average Bonchev–Trinajstić information content (AvgIpc) is 2.84. The molecule has 0 saturated heterocycles. The van der Waals surface area contributed by atoms with Crippen LogP contribution in [0.1, 0.15) is 22.3 Å². The number of hydrogen-bond acceptors (Lipinski definition) is 3. The summed E-state index contributed by atoms with van der Waals surface area (Å²) in [5.74, 6) is 0. The molecule has 0 spiro atoms. The Kier molecular flexibility index (Phi) is 8.81. The van der Waals surface area contributed by atoms with Gasteiger partial charge in [0.1, 0.15) is 0 Å². The summed E-state index contributed by atoms with van der Waals surface area (Å²) in [5.41, 5.74) is 4.39. The summed E-state index contributed by atoms with van der Waals surface area (Å²) >= 11 is -5.69. The van der Waals surface area contributed by atoms with E-state index in [0.717, 1.165) is 36.5 Å². The van der Waals surface area contributed by atoms with Crippen LogP contribution < -0.4 is 0 Å². The van der Waals surface area contributed by atoms with E-state index in [-0.39, 0.29) is 0 Å². The van der Waals surface area contributed by atoms with Gasteiger partial charge in [-0.15, -0.1) is 0 Å². The molecule has 184 valence electrons. The van der Waals surface area contributed by atoms with Crippen molar-refractivity contribution in [2.45, 2.75) is 27.7 Å². The molecule has 4 aromatic rings. The second-order valence-corrected chi connectivity index (χ2v) is 19.6. The van der Waals surface area contributed by atoms with Crippen molar-refractivity contribution >= 4 is 48.4 Å². The Labute approximate surface area is 222 Å². The molecule has 4 rings (SSSR count). The molecule has 3 nitrogen and oxygen atoms in total. The van der Waals surface area contributed by atoms with Crippen LogP contribution in [0, 0.1) is 42.0 Å². The summed E-state index contributed by atoms with van der Waals surface area (Å²) < 4.78 is 44.4. The van der Waals surface area contributed by atoms with Crippen molar-refractivity contribution in [2.24, 2.45) is 0 Å². The number of halogens is 3.